The Balaban J connectivity index is 1.82. The Labute approximate surface area is 127 Å². The maximum atomic E-state index is 12.0. The van der Waals surface area contributed by atoms with E-state index in [4.69, 9.17) is 0 Å². The molecule has 0 aliphatic carbocycles. The average Bonchev–Trinajstić information content (AvgIpc) is 2.42. The van der Waals surface area contributed by atoms with Gasteiger partial charge in [0.05, 0.1) is 0 Å². The van der Waals surface area contributed by atoms with Gasteiger partial charge in [-0.3, -0.25) is 9.59 Å². The summed E-state index contributed by atoms with van der Waals surface area (Å²) >= 11 is 3.34. The molecule has 1 heterocycles. The largest absolute Gasteiger partial charge is 0.342 e. The monoisotopic (exact) mass is 338 g/mol. The normalized spacial score (nSPS) is 16.0. The molecule has 2 rings (SSSR count). The second kappa shape index (κ2) is 6.88. The summed E-state index contributed by atoms with van der Waals surface area (Å²) in [6.07, 6.45) is 1.98. The molecule has 4 nitrogen and oxygen atoms in total. The van der Waals surface area contributed by atoms with Gasteiger partial charge in [-0.1, -0.05) is 22.9 Å². The van der Waals surface area contributed by atoms with Gasteiger partial charge in [0.2, 0.25) is 11.8 Å². The van der Waals surface area contributed by atoms with E-state index in [2.05, 4.69) is 28.2 Å². The molecule has 1 aromatic rings. The Morgan fingerprint density at radius 3 is 2.45 bits per heavy atom. The van der Waals surface area contributed by atoms with Crippen LogP contribution in [0.15, 0.2) is 28.7 Å². The predicted octanol–water partition coefficient (Wildman–Crippen LogP) is 3.04. The molecule has 1 N–H and O–H groups in total. The molecular weight excluding hydrogens is 320 g/mol. The van der Waals surface area contributed by atoms with Crippen LogP contribution < -0.4 is 5.32 Å². The Morgan fingerprint density at radius 1 is 1.25 bits per heavy atom. The van der Waals surface area contributed by atoms with E-state index in [1.165, 1.54) is 0 Å². The molecule has 2 amide bonds. The Bertz CT molecular complexity index is 479. The molecule has 1 saturated heterocycles. The molecule has 0 spiro atoms. The number of carbonyl (C=O) groups is 2. The van der Waals surface area contributed by atoms with Crippen LogP contribution in [0.3, 0.4) is 0 Å². The van der Waals surface area contributed by atoms with E-state index >= 15 is 0 Å². The lowest BCUT2D eigenvalue weighted by Gasteiger charge is -2.30. The van der Waals surface area contributed by atoms with Gasteiger partial charge in [0.1, 0.15) is 6.42 Å². The summed E-state index contributed by atoms with van der Waals surface area (Å²) in [6.45, 7) is 3.74. The molecule has 1 aromatic carbocycles. The molecule has 0 atom stereocenters. The van der Waals surface area contributed by atoms with Crippen molar-refractivity contribution in [3.63, 3.8) is 0 Å². The summed E-state index contributed by atoms with van der Waals surface area (Å²) < 4.78 is 0.953. The van der Waals surface area contributed by atoms with E-state index in [-0.39, 0.29) is 18.2 Å². The van der Waals surface area contributed by atoms with Crippen molar-refractivity contribution in [1.29, 1.82) is 0 Å². The van der Waals surface area contributed by atoms with Gasteiger partial charge in [-0.05, 0) is 43.0 Å². The van der Waals surface area contributed by atoms with Gasteiger partial charge in [-0.2, -0.15) is 0 Å². The highest BCUT2D eigenvalue weighted by Gasteiger charge is 2.22. The number of halogens is 1. The average molecular weight is 339 g/mol. The fourth-order valence-electron chi connectivity index (χ4n) is 2.25. The number of nitrogens with zero attached hydrogens (tertiary/aromatic N) is 1. The topological polar surface area (TPSA) is 49.4 Å². The van der Waals surface area contributed by atoms with Gasteiger partial charge >= 0.3 is 0 Å². The number of anilines is 1. The van der Waals surface area contributed by atoms with E-state index < -0.39 is 0 Å². The summed E-state index contributed by atoms with van der Waals surface area (Å²) in [7, 11) is 0. The molecule has 0 aromatic heterocycles. The van der Waals surface area contributed by atoms with Crippen molar-refractivity contribution < 1.29 is 9.59 Å². The Morgan fingerprint density at radius 2 is 1.85 bits per heavy atom. The quantitative estimate of drug-likeness (QED) is 0.861. The Hall–Kier alpha value is -1.36. The number of benzene rings is 1. The van der Waals surface area contributed by atoms with E-state index in [0.29, 0.717) is 11.6 Å². The zero-order chi connectivity index (χ0) is 14.5. The number of amides is 2. The summed E-state index contributed by atoms with van der Waals surface area (Å²) in [5.41, 5.74) is 0.707. The summed E-state index contributed by atoms with van der Waals surface area (Å²) in [5.74, 6) is 0.345. The molecule has 5 heteroatoms. The molecule has 1 fully saturated rings. The second-order valence-electron chi connectivity index (χ2n) is 5.30. The van der Waals surface area contributed by atoms with Crippen molar-refractivity contribution in [2.45, 2.75) is 26.2 Å². The smallest absolute Gasteiger partial charge is 0.233 e. The maximum absolute atomic E-state index is 12.0. The molecule has 0 radical (unpaired) electrons. The second-order valence-corrected chi connectivity index (χ2v) is 6.21. The highest BCUT2D eigenvalue weighted by atomic mass is 79.9. The SMILES string of the molecule is CC1CCN(C(=O)CC(=O)Nc2ccc(Br)cc2)CC1. The minimum Gasteiger partial charge on any atom is -0.342 e. The molecular formula is C15H19BrN2O2. The zero-order valence-corrected chi connectivity index (χ0v) is 13.1. The van der Waals surface area contributed by atoms with Gasteiger partial charge in [0, 0.05) is 23.2 Å². The first-order chi connectivity index (χ1) is 9.54. The van der Waals surface area contributed by atoms with E-state index in [1.807, 2.05) is 12.1 Å². The maximum Gasteiger partial charge on any atom is 0.233 e. The lowest BCUT2D eigenvalue weighted by atomic mass is 9.99. The van der Waals surface area contributed by atoms with Crippen LogP contribution in [0.1, 0.15) is 26.2 Å². The van der Waals surface area contributed by atoms with Crippen LogP contribution >= 0.6 is 15.9 Å². The summed E-state index contributed by atoms with van der Waals surface area (Å²) in [4.78, 5) is 25.7. The van der Waals surface area contributed by atoms with Crippen LogP contribution in [0.5, 0.6) is 0 Å². The minimum atomic E-state index is -0.254. The highest BCUT2D eigenvalue weighted by Crippen LogP contribution is 2.17. The molecule has 0 saturated carbocycles. The molecule has 1 aliphatic heterocycles. The van der Waals surface area contributed by atoms with Crippen molar-refractivity contribution in [2.75, 3.05) is 18.4 Å². The number of piperidine rings is 1. The zero-order valence-electron chi connectivity index (χ0n) is 11.6. The van der Waals surface area contributed by atoms with Crippen molar-refractivity contribution in [3.8, 4) is 0 Å². The van der Waals surface area contributed by atoms with Crippen molar-refractivity contribution >= 4 is 33.4 Å². The lowest BCUT2D eigenvalue weighted by Crippen LogP contribution is -2.39. The number of carbonyl (C=O) groups excluding carboxylic acids is 2. The van der Waals surface area contributed by atoms with Gasteiger partial charge in [0.25, 0.3) is 0 Å². The number of rotatable bonds is 3. The van der Waals surface area contributed by atoms with Gasteiger partial charge < -0.3 is 10.2 Å². The lowest BCUT2D eigenvalue weighted by molar-refractivity contribution is -0.135. The van der Waals surface area contributed by atoms with Crippen molar-refractivity contribution in [1.82, 2.24) is 4.90 Å². The van der Waals surface area contributed by atoms with E-state index in [9.17, 15) is 9.59 Å². The minimum absolute atomic E-state index is 0.0773. The third kappa shape index (κ3) is 4.34. The number of hydrogen-bond acceptors (Lipinski definition) is 2. The standard InChI is InChI=1S/C15H19BrN2O2/c1-11-6-8-18(9-7-11)15(20)10-14(19)17-13-4-2-12(16)3-5-13/h2-5,11H,6-10H2,1H3,(H,17,19). The molecule has 0 bridgehead atoms. The van der Waals surface area contributed by atoms with Crippen LogP contribution in [0.25, 0.3) is 0 Å². The molecule has 108 valence electrons. The van der Waals surface area contributed by atoms with Crippen LogP contribution in [0, 0.1) is 5.92 Å². The third-order valence-electron chi connectivity index (χ3n) is 3.58. The van der Waals surface area contributed by atoms with E-state index in [1.54, 1.807) is 17.0 Å². The molecule has 20 heavy (non-hydrogen) atoms. The first-order valence-corrected chi connectivity index (χ1v) is 7.67. The first-order valence-electron chi connectivity index (χ1n) is 6.88. The predicted molar refractivity (Wildman–Crippen MR) is 82.4 cm³/mol. The number of hydrogen-bond donors (Lipinski definition) is 1. The van der Waals surface area contributed by atoms with Crippen LogP contribution in [-0.4, -0.2) is 29.8 Å². The van der Waals surface area contributed by atoms with Crippen molar-refractivity contribution in [2.24, 2.45) is 5.92 Å². The van der Waals surface area contributed by atoms with Crippen LogP contribution in [0.4, 0.5) is 5.69 Å². The summed E-state index contributed by atoms with van der Waals surface area (Å²) in [6, 6.07) is 7.30. The number of likely N-dealkylation sites (tertiary alicyclic amines) is 1. The van der Waals surface area contributed by atoms with Crippen LogP contribution in [-0.2, 0) is 9.59 Å². The van der Waals surface area contributed by atoms with E-state index in [0.717, 1.165) is 30.4 Å². The molecule has 0 unspecified atom stereocenters. The Kier molecular flexibility index (Phi) is 5.17. The fraction of sp³-hybridized carbons (Fsp3) is 0.467. The van der Waals surface area contributed by atoms with Crippen LogP contribution in [0.2, 0.25) is 0 Å². The highest BCUT2D eigenvalue weighted by molar-refractivity contribution is 9.10. The molecule has 1 aliphatic rings. The fourth-order valence-corrected chi connectivity index (χ4v) is 2.51. The summed E-state index contributed by atoms with van der Waals surface area (Å²) in [5, 5.41) is 2.74. The van der Waals surface area contributed by atoms with Gasteiger partial charge in [0.15, 0.2) is 0 Å². The van der Waals surface area contributed by atoms with Gasteiger partial charge in [-0.25, -0.2) is 0 Å². The number of nitrogens with one attached hydrogen (secondary N) is 1. The third-order valence-corrected chi connectivity index (χ3v) is 4.10. The van der Waals surface area contributed by atoms with Crippen molar-refractivity contribution in [3.05, 3.63) is 28.7 Å². The van der Waals surface area contributed by atoms with Gasteiger partial charge in [-0.15, -0.1) is 0 Å². The first kappa shape index (κ1) is 15.0.